The van der Waals surface area contributed by atoms with Gasteiger partial charge in [-0.05, 0) is 186 Å². The van der Waals surface area contributed by atoms with Crippen LogP contribution < -0.4 is 19.6 Å². The molecule has 15 aromatic carbocycles. The molecule has 16 rings (SSSR count). The summed E-state index contributed by atoms with van der Waals surface area (Å²) in [5.41, 5.74) is 30.0. The first kappa shape index (κ1) is 67.1. The zero-order valence-corrected chi connectivity index (χ0v) is 58.4. The highest BCUT2D eigenvalue weighted by molar-refractivity contribution is 5.84. The summed E-state index contributed by atoms with van der Waals surface area (Å²) in [5, 5.41) is 0. The largest absolute Gasteiger partial charge is 0.345 e. The smallest absolute Gasteiger partial charge is 0.0414 e. The number of anilines is 8. The van der Waals surface area contributed by atoms with Crippen molar-refractivity contribution in [2.45, 2.75) is 19.3 Å². The van der Waals surface area contributed by atoms with Crippen molar-refractivity contribution >= 4 is 45.5 Å². The lowest BCUT2D eigenvalue weighted by Crippen LogP contribution is -2.16. The van der Waals surface area contributed by atoms with E-state index >= 15 is 0 Å². The van der Waals surface area contributed by atoms with Crippen LogP contribution in [-0.4, -0.2) is 28.2 Å². The minimum Gasteiger partial charge on any atom is -0.345 e. The first-order chi connectivity index (χ1) is 49.5. The molecule has 0 radical (unpaired) electrons. The van der Waals surface area contributed by atoms with E-state index in [-0.39, 0.29) is 5.41 Å². The Morgan fingerprint density at radius 1 is 0.158 bits per heavy atom. The molecule has 492 valence electrons. The summed E-state index contributed by atoms with van der Waals surface area (Å²) in [5.74, 6) is 0. The van der Waals surface area contributed by atoms with Crippen LogP contribution in [0, 0.1) is 0 Å². The normalized spacial score (nSPS) is 11.3. The predicted octanol–water partition coefficient (Wildman–Crippen LogP) is 26.1. The van der Waals surface area contributed by atoms with Crippen LogP contribution in [0.2, 0.25) is 0 Å². The van der Waals surface area contributed by atoms with Gasteiger partial charge in [0.1, 0.15) is 0 Å². The maximum Gasteiger partial charge on any atom is 0.0414 e. The van der Waals surface area contributed by atoms with Gasteiger partial charge in [0, 0.05) is 79.1 Å². The Bertz CT molecular complexity index is 4920. The molecule has 4 nitrogen and oxygen atoms in total. The van der Waals surface area contributed by atoms with Crippen LogP contribution in [0.25, 0.3) is 77.9 Å². The van der Waals surface area contributed by atoms with Crippen LogP contribution in [0.1, 0.15) is 25.0 Å². The summed E-state index contributed by atoms with van der Waals surface area (Å²) < 4.78 is 0. The molecule has 0 heterocycles. The van der Waals surface area contributed by atoms with E-state index in [9.17, 15) is 0 Å². The van der Waals surface area contributed by atoms with Gasteiger partial charge in [-0.1, -0.05) is 317 Å². The molecule has 0 aromatic heterocycles. The van der Waals surface area contributed by atoms with Gasteiger partial charge < -0.3 is 19.6 Å². The van der Waals surface area contributed by atoms with Crippen molar-refractivity contribution in [1.82, 2.24) is 0 Å². The average molecular weight is 1310 g/mol. The zero-order valence-electron chi connectivity index (χ0n) is 58.4. The highest BCUT2D eigenvalue weighted by Gasteiger charge is 2.35. The van der Waals surface area contributed by atoms with Gasteiger partial charge in [-0.15, -0.1) is 0 Å². The number of para-hydroxylation sites is 1. The Hall–Kier alpha value is -12.5. The lowest BCUT2D eigenvalue weighted by Gasteiger charge is -2.25. The molecule has 0 spiro atoms. The summed E-state index contributed by atoms with van der Waals surface area (Å²) in [7, 11) is 8.47. The van der Waals surface area contributed by atoms with Crippen LogP contribution >= 0.6 is 0 Å². The van der Waals surface area contributed by atoms with Crippen molar-refractivity contribution in [3.8, 4) is 77.9 Å². The first-order valence-corrected chi connectivity index (χ1v) is 34.7. The molecule has 0 saturated heterocycles. The second-order valence-electron chi connectivity index (χ2n) is 26.0. The molecule has 0 fully saturated rings. The number of rotatable bonds is 14. The summed E-state index contributed by atoms with van der Waals surface area (Å²) >= 11 is 0. The molecule has 0 saturated carbocycles. The van der Waals surface area contributed by atoms with E-state index in [1.165, 1.54) is 135 Å². The number of nitrogens with zero attached hydrogens (tertiary/aromatic N) is 4. The summed E-state index contributed by atoms with van der Waals surface area (Å²) in [6.45, 7) is 4.66. The van der Waals surface area contributed by atoms with Crippen molar-refractivity contribution in [2.75, 3.05) is 47.8 Å². The van der Waals surface area contributed by atoms with Crippen molar-refractivity contribution in [3.05, 3.63) is 412 Å². The molecule has 0 N–H and O–H groups in total. The van der Waals surface area contributed by atoms with E-state index in [0.717, 1.165) is 0 Å². The third-order valence-corrected chi connectivity index (χ3v) is 19.2. The van der Waals surface area contributed by atoms with E-state index in [0.29, 0.717) is 0 Å². The molecule has 4 heteroatoms. The minimum atomic E-state index is 0.0225. The van der Waals surface area contributed by atoms with Crippen molar-refractivity contribution in [3.63, 3.8) is 0 Å². The maximum absolute atomic E-state index is 2.37. The third-order valence-electron chi connectivity index (χ3n) is 19.2. The minimum absolute atomic E-state index is 0.0225. The number of hydrogen-bond donors (Lipinski definition) is 0. The van der Waals surface area contributed by atoms with Gasteiger partial charge in [-0.3, -0.25) is 0 Å². The summed E-state index contributed by atoms with van der Waals surface area (Å²) in [6, 6.07) is 141. The average Bonchev–Trinajstić information content (AvgIpc) is 1.58. The van der Waals surface area contributed by atoms with Crippen LogP contribution in [0.4, 0.5) is 45.5 Å². The van der Waals surface area contributed by atoms with Crippen LogP contribution in [0.3, 0.4) is 0 Å². The number of fused-ring (bicyclic) bond motifs is 3. The lowest BCUT2D eigenvalue weighted by molar-refractivity contribution is 0.660. The fourth-order valence-electron chi connectivity index (χ4n) is 13.2. The molecule has 0 amide bonds. The van der Waals surface area contributed by atoms with Gasteiger partial charge in [0.05, 0.1) is 0 Å². The molecule has 101 heavy (non-hydrogen) atoms. The standard InChI is InChI=1S/C28H25N.2C25H21N.C19H17N/c1-28(2)26-15-8-7-14-24(26)25-17-16-23(19-27(25)28)29(3)22-13-9-12-21(18-22)20-10-5-4-6-11-20;1-26(24-16-8-14-22(18-24)20-10-4-2-5-11-20)25-17-9-15-23(19-25)21-12-6-3-7-13-21;1-26(24-16-12-22(13-17-24)20-8-4-2-5-9-20)25-18-14-23(15-19-25)21-10-6-3-7-11-21;1-20(18-10-6-3-7-11-18)19-14-12-17(13-15-19)16-8-4-2-5-9-16/h4-19H,1-3H3;2*2-19H,1H3;2-15H,1H3. The summed E-state index contributed by atoms with van der Waals surface area (Å²) in [4.78, 5) is 8.92. The molecule has 1 aliphatic carbocycles. The van der Waals surface area contributed by atoms with Crippen LogP contribution in [-0.2, 0) is 5.41 Å². The Morgan fingerprint density at radius 2 is 0.366 bits per heavy atom. The summed E-state index contributed by atoms with van der Waals surface area (Å²) in [6.07, 6.45) is 0. The Morgan fingerprint density at radius 3 is 0.693 bits per heavy atom. The quantitative estimate of drug-likeness (QED) is 0.108. The van der Waals surface area contributed by atoms with E-state index in [1.807, 2.05) is 24.3 Å². The second-order valence-corrected chi connectivity index (χ2v) is 26.0. The monoisotopic (exact) mass is 1300 g/mol. The molecule has 15 aromatic rings. The van der Waals surface area contributed by atoms with Crippen LogP contribution in [0.15, 0.2) is 400 Å². The Kier molecular flexibility index (Phi) is 21.1. The number of hydrogen-bond acceptors (Lipinski definition) is 4. The fraction of sp³-hybridized carbons (Fsp3) is 0.0722. The van der Waals surface area contributed by atoms with Gasteiger partial charge in [0.15, 0.2) is 0 Å². The van der Waals surface area contributed by atoms with Crippen LogP contribution in [0.5, 0.6) is 0 Å². The maximum atomic E-state index is 2.37. The first-order valence-electron chi connectivity index (χ1n) is 34.7. The van der Waals surface area contributed by atoms with Crippen molar-refractivity contribution in [1.29, 1.82) is 0 Å². The Labute approximate surface area is 598 Å². The SMILES string of the molecule is CN(c1ccc(-c2ccccc2)cc1)c1ccc(-c2ccccc2)cc1.CN(c1cccc(-c2ccccc2)c1)c1ccc2c(c1)C(C)(C)c1ccccc1-2.CN(c1cccc(-c2ccccc2)c1)c1cccc(-c2ccccc2)c1.CN(c1ccccc1)c1ccc(-c2ccccc2)cc1. The molecule has 0 unspecified atom stereocenters. The topological polar surface area (TPSA) is 13.0 Å². The molecule has 0 bridgehead atoms. The molecule has 1 aliphatic rings. The lowest BCUT2D eigenvalue weighted by atomic mass is 9.82. The highest BCUT2D eigenvalue weighted by atomic mass is 15.1. The number of benzene rings is 15. The fourth-order valence-corrected chi connectivity index (χ4v) is 13.2. The second kappa shape index (κ2) is 31.8. The molecule has 0 atom stereocenters. The van der Waals surface area contributed by atoms with E-state index in [1.54, 1.807) is 0 Å². The van der Waals surface area contributed by atoms with Gasteiger partial charge in [0.25, 0.3) is 0 Å². The third kappa shape index (κ3) is 16.1. The molecule has 0 aliphatic heterocycles. The Balaban J connectivity index is 0.000000121. The van der Waals surface area contributed by atoms with Gasteiger partial charge >= 0.3 is 0 Å². The van der Waals surface area contributed by atoms with E-state index < -0.39 is 0 Å². The predicted molar refractivity (Wildman–Crippen MR) is 434 cm³/mol. The highest BCUT2D eigenvalue weighted by Crippen LogP contribution is 2.50. The van der Waals surface area contributed by atoms with E-state index in [4.69, 9.17) is 0 Å². The van der Waals surface area contributed by atoms with E-state index in [2.05, 4.69) is 438 Å². The molecular weight excluding hydrogens is 1220 g/mol. The molecular formula is C97H84N4. The van der Waals surface area contributed by atoms with Crippen molar-refractivity contribution in [2.24, 2.45) is 0 Å². The van der Waals surface area contributed by atoms with Gasteiger partial charge in [0.2, 0.25) is 0 Å². The van der Waals surface area contributed by atoms with Crippen molar-refractivity contribution < 1.29 is 0 Å². The van der Waals surface area contributed by atoms with Gasteiger partial charge in [-0.25, -0.2) is 0 Å². The zero-order chi connectivity index (χ0) is 69.3. The van der Waals surface area contributed by atoms with Gasteiger partial charge in [-0.2, -0.15) is 0 Å².